The van der Waals surface area contributed by atoms with Crippen molar-refractivity contribution >= 4 is 16.8 Å². The molecule has 1 aliphatic rings. The van der Waals surface area contributed by atoms with Crippen LogP contribution in [0.2, 0.25) is 0 Å². The summed E-state index contributed by atoms with van der Waals surface area (Å²) < 4.78 is 40.4. The Morgan fingerprint density at radius 3 is 2.79 bits per heavy atom. The number of para-hydroxylation sites is 1. The van der Waals surface area contributed by atoms with Gasteiger partial charge in [0, 0.05) is 30.7 Å². The third kappa shape index (κ3) is 3.91. The van der Waals surface area contributed by atoms with Crippen molar-refractivity contribution in [2.45, 2.75) is 50.9 Å². The second kappa shape index (κ2) is 6.87. The molecule has 0 saturated heterocycles. The zero-order chi connectivity index (χ0) is 17.2. The maximum atomic E-state index is 12.8. The topological polar surface area (TPSA) is 34.0 Å². The molecule has 1 aliphatic carbocycles. The van der Waals surface area contributed by atoms with Crippen LogP contribution in [0.3, 0.4) is 0 Å². The maximum Gasteiger partial charge on any atom is 0.391 e. The lowest BCUT2D eigenvalue weighted by Gasteiger charge is -2.31. The summed E-state index contributed by atoms with van der Waals surface area (Å²) in [4.78, 5) is 12.1. The maximum absolute atomic E-state index is 12.8. The van der Waals surface area contributed by atoms with Crippen molar-refractivity contribution in [3.8, 4) is 0 Å². The number of nitrogens with one attached hydrogen (secondary N) is 1. The lowest BCUT2D eigenvalue weighted by atomic mass is 9.85. The summed E-state index contributed by atoms with van der Waals surface area (Å²) in [7, 11) is 0. The fourth-order valence-corrected chi connectivity index (χ4v) is 3.48. The van der Waals surface area contributed by atoms with Crippen LogP contribution in [0.15, 0.2) is 36.5 Å². The molecule has 1 N–H and O–H groups in total. The molecular formula is C18H21F3N2O. The van der Waals surface area contributed by atoms with E-state index in [9.17, 15) is 18.0 Å². The molecule has 0 spiro atoms. The third-order valence-electron chi connectivity index (χ3n) is 4.76. The van der Waals surface area contributed by atoms with Crippen LogP contribution in [0, 0.1) is 5.92 Å². The van der Waals surface area contributed by atoms with Crippen molar-refractivity contribution in [1.29, 1.82) is 0 Å². The number of hydrogen-bond donors (Lipinski definition) is 1. The van der Waals surface area contributed by atoms with Crippen molar-refractivity contribution in [2.24, 2.45) is 5.92 Å². The number of halogens is 3. The van der Waals surface area contributed by atoms with Gasteiger partial charge >= 0.3 is 6.18 Å². The Labute approximate surface area is 138 Å². The summed E-state index contributed by atoms with van der Waals surface area (Å²) in [5, 5.41) is 3.89. The van der Waals surface area contributed by atoms with Gasteiger partial charge in [0.1, 0.15) is 0 Å². The number of carbonyl (C=O) groups is 1. The molecule has 1 aromatic carbocycles. The van der Waals surface area contributed by atoms with Gasteiger partial charge in [0.2, 0.25) is 5.91 Å². The highest BCUT2D eigenvalue weighted by Gasteiger charge is 2.42. The SMILES string of the molecule is O=C(CCn1ccc2ccccc21)N[C@@H]1CCC[C@@H](C(F)(F)F)C1. The minimum Gasteiger partial charge on any atom is -0.353 e. The smallest absolute Gasteiger partial charge is 0.353 e. The highest BCUT2D eigenvalue weighted by atomic mass is 19.4. The van der Waals surface area contributed by atoms with E-state index in [4.69, 9.17) is 0 Å². The van der Waals surface area contributed by atoms with Crippen LogP contribution < -0.4 is 5.32 Å². The van der Waals surface area contributed by atoms with E-state index in [1.165, 1.54) is 0 Å². The number of aromatic nitrogens is 1. The predicted octanol–water partition coefficient (Wildman–Crippen LogP) is 4.27. The van der Waals surface area contributed by atoms with Gasteiger partial charge in [-0.3, -0.25) is 4.79 Å². The molecule has 24 heavy (non-hydrogen) atoms. The third-order valence-corrected chi connectivity index (χ3v) is 4.76. The summed E-state index contributed by atoms with van der Waals surface area (Å²) in [5.41, 5.74) is 1.06. The lowest BCUT2D eigenvalue weighted by Crippen LogP contribution is -2.41. The van der Waals surface area contributed by atoms with E-state index in [0.29, 0.717) is 19.4 Å². The number of alkyl halides is 3. The molecule has 0 unspecified atom stereocenters. The average molecular weight is 338 g/mol. The fraction of sp³-hybridized carbons (Fsp3) is 0.500. The van der Waals surface area contributed by atoms with E-state index in [2.05, 4.69) is 5.32 Å². The molecule has 1 saturated carbocycles. The summed E-state index contributed by atoms with van der Waals surface area (Å²) in [6, 6.07) is 9.52. The Morgan fingerprint density at radius 1 is 1.21 bits per heavy atom. The summed E-state index contributed by atoms with van der Waals surface area (Å²) in [5.74, 6) is -1.47. The zero-order valence-corrected chi connectivity index (χ0v) is 13.4. The summed E-state index contributed by atoms with van der Waals surface area (Å²) >= 11 is 0. The standard InChI is InChI=1S/C18H21F3N2O/c19-18(20,21)14-5-3-6-15(12-14)22-17(24)9-11-23-10-8-13-4-1-2-7-16(13)23/h1-2,4,7-8,10,14-15H,3,5-6,9,11-12H2,(H,22,24)/t14-,15-/m1/s1. The van der Waals surface area contributed by atoms with Gasteiger partial charge in [-0.2, -0.15) is 13.2 Å². The Bertz CT molecular complexity index is 708. The highest BCUT2D eigenvalue weighted by molar-refractivity contribution is 5.80. The van der Waals surface area contributed by atoms with Crippen molar-refractivity contribution in [2.75, 3.05) is 0 Å². The molecule has 2 atom stereocenters. The monoisotopic (exact) mass is 338 g/mol. The first kappa shape index (κ1) is 16.9. The van der Waals surface area contributed by atoms with E-state index >= 15 is 0 Å². The molecule has 1 aromatic heterocycles. The second-order valence-corrected chi connectivity index (χ2v) is 6.49. The number of carbonyl (C=O) groups excluding carboxylic acids is 1. The normalized spacial score (nSPS) is 21.8. The molecular weight excluding hydrogens is 317 g/mol. The number of benzene rings is 1. The van der Waals surface area contributed by atoms with Crippen LogP contribution in [0.1, 0.15) is 32.1 Å². The van der Waals surface area contributed by atoms with E-state index in [0.717, 1.165) is 10.9 Å². The minimum atomic E-state index is -4.16. The molecule has 3 nitrogen and oxygen atoms in total. The van der Waals surface area contributed by atoms with Gasteiger partial charge in [-0.05, 0) is 36.8 Å². The number of amides is 1. The zero-order valence-electron chi connectivity index (χ0n) is 13.4. The van der Waals surface area contributed by atoms with Crippen LogP contribution >= 0.6 is 0 Å². The van der Waals surface area contributed by atoms with Gasteiger partial charge in [0.25, 0.3) is 0 Å². The van der Waals surface area contributed by atoms with Gasteiger partial charge < -0.3 is 9.88 Å². The van der Waals surface area contributed by atoms with Crippen molar-refractivity contribution in [1.82, 2.24) is 9.88 Å². The first-order valence-corrected chi connectivity index (χ1v) is 8.33. The van der Waals surface area contributed by atoms with E-state index in [-0.39, 0.29) is 31.2 Å². The first-order chi connectivity index (χ1) is 11.4. The Kier molecular flexibility index (Phi) is 4.83. The summed E-state index contributed by atoms with van der Waals surface area (Å²) in [6.45, 7) is 0.523. The number of hydrogen-bond acceptors (Lipinski definition) is 1. The largest absolute Gasteiger partial charge is 0.391 e. The van der Waals surface area contributed by atoms with E-state index < -0.39 is 12.1 Å². The lowest BCUT2D eigenvalue weighted by molar-refractivity contribution is -0.184. The number of fused-ring (bicyclic) bond motifs is 1. The average Bonchev–Trinajstić information content (AvgIpc) is 2.96. The minimum absolute atomic E-state index is 0.00168. The molecule has 130 valence electrons. The Morgan fingerprint density at radius 2 is 2.00 bits per heavy atom. The fourth-order valence-electron chi connectivity index (χ4n) is 3.48. The number of nitrogens with zero attached hydrogens (tertiary/aromatic N) is 1. The molecule has 1 amide bonds. The molecule has 1 heterocycles. The molecule has 2 aromatic rings. The van der Waals surface area contributed by atoms with Crippen LogP contribution in [0.5, 0.6) is 0 Å². The van der Waals surface area contributed by atoms with Gasteiger partial charge in [-0.25, -0.2) is 0 Å². The van der Waals surface area contributed by atoms with Crippen LogP contribution in [-0.4, -0.2) is 22.7 Å². The van der Waals surface area contributed by atoms with E-state index in [1.54, 1.807) is 0 Å². The molecule has 0 bridgehead atoms. The van der Waals surface area contributed by atoms with Crippen LogP contribution in [0.4, 0.5) is 13.2 Å². The van der Waals surface area contributed by atoms with Crippen molar-refractivity contribution in [3.63, 3.8) is 0 Å². The number of rotatable bonds is 4. The molecule has 0 radical (unpaired) electrons. The van der Waals surface area contributed by atoms with Crippen molar-refractivity contribution in [3.05, 3.63) is 36.5 Å². The first-order valence-electron chi connectivity index (χ1n) is 8.33. The van der Waals surface area contributed by atoms with Gasteiger partial charge in [0.05, 0.1) is 5.92 Å². The van der Waals surface area contributed by atoms with Crippen LogP contribution in [-0.2, 0) is 11.3 Å². The molecule has 6 heteroatoms. The van der Waals surface area contributed by atoms with Gasteiger partial charge in [0.15, 0.2) is 0 Å². The molecule has 0 aliphatic heterocycles. The second-order valence-electron chi connectivity index (χ2n) is 6.49. The van der Waals surface area contributed by atoms with E-state index in [1.807, 2.05) is 41.1 Å². The van der Waals surface area contributed by atoms with Crippen LogP contribution in [0.25, 0.3) is 10.9 Å². The Balaban J connectivity index is 1.52. The summed E-state index contributed by atoms with van der Waals surface area (Å²) in [6.07, 6.45) is -0.646. The highest BCUT2D eigenvalue weighted by Crippen LogP contribution is 2.37. The number of aryl methyl sites for hydroxylation is 1. The van der Waals surface area contributed by atoms with Gasteiger partial charge in [-0.1, -0.05) is 24.6 Å². The quantitative estimate of drug-likeness (QED) is 0.887. The molecule has 3 rings (SSSR count). The van der Waals surface area contributed by atoms with Crippen molar-refractivity contribution < 1.29 is 18.0 Å². The Hall–Kier alpha value is -1.98. The van der Waals surface area contributed by atoms with Gasteiger partial charge in [-0.15, -0.1) is 0 Å². The molecule has 1 fully saturated rings. The predicted molar refractivity (Wildman–Crippen MR) is 86.5 cm³/mol.